The van der Waals surface area contributed by atoms with Crippen molar-refractivity contribution in [1.82, 2.24) is 21.3 Å². The predicted octanol–water partition coefficient (Wildman–Crippen LogP) is 0.908. The van der Waals surface area contributed by atoms with Gasteiger partial charge in [0, 0.05) is 18.6 Å². The quantitative estimate of drug-likeness (QED) is 0.622. The summed E-state index contributed by atoms with van der Waals surface area (Å²) in [5.41, 5.74) is 0. The van der Waals surface area contributed by atoms with E-state index in [1.165, 1.54) is 19.3 Å². The Morgan fingerprint density at radius 1 is 0.952 bits per heavy atom. The molecule has 1 aliphatic heterocycles. The van der Waals surface area contributed by atoms with E-state index in [-0.39, 0.29) is 43.0 Å². The summed E-state index contributed by atoms with van der Waals surface area (Å²) in [4.78, 5) is 23.4. The van der Waals surface area contributed by atoms with Gasteiger partial charge in [0.25, 0.3) is 0 Å². The van der Waals surface area contributed by atoms with Crippen molar-refractivity contribution in [3.8, 4) is 0 Å². The molecule has 0 aromatic carbocycles. The maximum absolute atomic E-state index is 11.7. The Morgan fingerprint density at radius 3 is 2.33 bits per heavy atom. The summed E-state index contributed by atoms with van der Waals surface area (Å²) in [5, 5.41) is 11.8. The van der Waals surface area contributed by atoms with Crippen molar-refractivity contribution in [3.63, 3.8) is 0 Å². The topological polar surface area (TPSA) is 82.3 Å². The Bertz CT molecular complexity index is 297. The smallest absolute Gasteiger partial charge is 0.315 e. The molecule has 1 aliphatic carbocycles. The van der Waals surface area contributed by atoms with Gasteiger partial charge in [0.1, 0.15) is 0 Å². The minimum atomic E-state index is -0.228. The summed E-state index contributed by atoms with van der Waals surface area (Å²) >= 11 is 0. The minimum absolute atomic E-state index is 0. The molecule has 0 bridgehead atoms. The van der Waals surface area contributed by atoms with Crippen LogP contribution >= 0.6 is 12.4 Å². The van der Waals surface area contributed by atoms with Crippen molar-refractivity contribution in [3.05, 3.63) is 0 Å². The highest BCUT2D eigenvalue weighted by molar-refractivity contribution is 5.85. The number of urea groups is 1. The molecule has 0 spiro atoms. The number of nitrogens with one attached hydrogen (secondary N) is 4. The molecule has 2 aliphatic rings. The SMILES string of the molecule is Cl.O=C(CNC(=O)NC1CCCCC1)N[C@H]1CCCNC1. The van der Waals surface area contributed by atoms with Gasteiger partial charge in [-0.05, 0) is 32.2 Å². The zero-order valence-corrected chi connectivity index (χ0v) is 13.3. The maximum atomic E-state index is 11.7. The zero-order chi connectivity index (χ0) is 14.2. The lowest BCUT2D eigenvalue weighted by molar-refractivity contribution is -0.120. The second-order valence-corrected chi connectivity index (χ2v) is 5.77. The van der Waals surface area contributed by atoms with Crippen LogP contribution in [0.4, 0.5) is 4.79 Å². The van der Waals surface area contributed by atoms with E-state index in [0.29, 0.717) is 0 Å². The lowest BCUT2D eigenvalue weighted by Gasteiger charge is -2.24. The number of hydrogen-bond donors (Lipinski definition) is 4. The standard InChI is InChI=1S/C14H26N4O2.ClH/c19-13(17-12-7-4-8-15-9-12)10-16-14(20)18-11-5-2-1-3-6-11;/h11-12,15H,1-10H2,(H,17,19)(H2,16,18,20);1H/t12-;/m0./s1. The van der Waals surface area contributed by atoms with E-state index >= 15 is 0 Å². The number of amides is 3. The molecule has 21 heavy (non-hydrogen) atoms. The van der Waals surface area contributed by atoms with Crippen LogP contribution in [0.1, 0.15) is 44.9 Å². The molecule has 7 heteroatoms. The highest BCUT2D eigenvalue weighted by Crippen LogP contribution is 2.17. The molecule has 0 unspecified atom stereocenters. The Balaban J connectivity index is 0.00000220. The Morgan fingerprint density at radius 2 is 1.67 bits per heavy atom. The Kier molecular flexibility index (Phi) is 8.45. The highest BCUT2D eigenvalue weighted by atomic mass is 35.5. The molecule has 1 atom stereocenters. The van der Waals surface area contributed by atoms with E-state index in [1.807, 2.05) is 0 Å². The number of carbonyl (C=O) groups is 2. The highest BCUT2D eigenvalue weighted by Gasteiger charge is 2.17. The summed E-state index contributed by atoms with van der Waals surface area (Å²) < 4.78 is 0. The second-order valence-electron chi connectivity index (χ2n) is 5.77. The van der Waals surface area contributed by atoms with Gasteiger partial charge in [-0.2, -0.15) is 0 Å². The lowest BCUT2D eigenvalue weighted by atomic mass is 9.96. The molecule has 1 saturated carbocycles. The van der Waals surface area contributed by atoms with Crippen LogP contribution in [-0.2, 0) is 4.79 Å². The molecule has 2 fully saturated rings. The molecule has 3 amide bonds. The van der Waals surface area contributed by atoms with Crippen molar-refractivity contribution in [2.24, 2.45) is 0 Å². The first kappa shape index (κ1) is 18.0. The van der Waals surface area contributed by atoms with E-state index in [9.17, 15) is 9.59 Å². The van der Waals surface area contributed by atoms with Gasteiger partial charge in [-0.25, -0.2) is 4.79 Å². The summed E-state index contributed by atoms with van der Waals surface area (Å²) in [6.45, 7) is 1.89. The fourth-order valence-electron chi connectivity index (χ4n) is 2.90. The third-order valence-corrected chi connectivity index (χ3v) is 4.01. The van der Waals surface area contributed by atoms with Crippen LogP contribution in [-0.4, -0.2) is 43.7 Å². The van der Waals surface area contributed by atoms with Gasteiger partial charge in [0.05, 0.1) is 6.54 Å². The van der Waals surface area contributed by atoms with Gasteiger partial charge in [-0.3, -0.25) is 4.79 Å². The monoisotopic (exact) mass is 318 g/mol. The minimum Gasteiger partial charge on any atom is -0.351 e. The van der Waals surface area contributed by atoms with Crippen LogP contribution in [0, 0.1) is 0 Å². The van der Waals surface area contributed by atoms with Gasteiger partial charge in [0.2, 0.25) is 5.91 Å². The summed E-state index contributed by atoms with van der Waals surface area (Å²) in [5.74, 6) is -0.113. The molecule has 0 aromatic heterocycles. The first-order chi connectivity index (χ1) is 9.74. The Labute approximate surface area is 132 Å². The van der Waals surface area contributed by atoms with Crippen molar-refractivity contribution in [1.29, 1.82) is 0 Å². The van der Waals surface area contributed by atoms with Crippen LogP contribution in [0.25, 0.3) is 0 Å². The fourth-order valence-corrected chi connectivity index (χ4v) is 2.90. The van der Waals surface area contributed by atoms with Crippen molar-refractivity contribution < 1.29 is 9.59 Å². The molecule has 0 radical (unpaired) electrons. The predicted molar refractivity (Wildman–Crippen MR) is 84.7 cm³/mol. The normalized spacial score (nSPS) is 22.8. The van der Waals surface area contributed by atoms with Crippen LogP contribution in [0.2, 0.25) is 0 Å². The molecule has 0 aromatic rings. The number of carbonyl (C=O) groups excluding carboxylic acids is 2. The fraction of sp³-hybridized carbons (Fsp3) is 0.857. The number of rotatable bonds is 4. The van der Waals surface area contributed by atoms with Gasteiger partial charge >= 0.3 is 6.03 Å². The third kappa shape index (κ3) is 7.00. The van der Waals surface area contributed by atoms with Gasteiger partial charge in [0.15, 0.2) is 0 Å². The van der Waals surface area contributed by atoms with E-state index in [4.69, 9.17) is 0 Å². The van der Waals surface area contributed by atoms with E-state index in [1.54, 1.807) is 0 Å². The second kappa shape index (κ2) is 9.84. The van der Waals surface area contributed by atoms with E-state index in [2.05, 4.69) is 21.3 Å². The average molecular weight is 319 g/mol. The number of piperidine rings is 1. The van der Waals surface area contributed by atoms with Crippen LogP contribution < -0.4 is 21.3 Å². The molecule has 1 heterocycles. The van der Waals surface area contributed by atoms with E-state index in [0.717, 1.165) is 38.8 Å². The Hall–Kier alpha value is -1.01. The molecular formula is C14H27ClN4O2. The third-order valence-electron chi connectivity index (χ3n) is 4.01. The van der Waals surface area contributed by atoms with Crippen LogP contribution in [0.15, 0.2) is 0 Å². The average Bonchev–Trinajstić information content (AvgIpc) is 2.47. The molecule has 2 rings (SSSR count). The first-order valence-corrected chi connectivity index (χ1v) is 7.78. The number of halogens is 1. The summed E-state index contributed by atoms with van der Waals surface area (Å²) in [6.07, 6.45) is 7.81. The van der Waals surface area contributed by atoms with Gasteiger partial charge in [-0.1, -0.05) is 19.3 Å². The largest absolute Gasteiger partial charge is 0.351 e. The van der Waals surface area contributed by atoms with Gasteiger partial charge in [-0.15, -0.1) is 12.4 Å². The maximum Gasteiger partial charge on any atom is 0.315 e. The molecule has 122 valence electrons. The first-order valence-electron chi connectivity index (χ1n) is 7.78. The summed E-state index contributed by atoms with van der Waals surface area (Å²) in [6, 6.07) is 0.239. The van der Waals surface area contributed by atoms with Crippen molar-refractivity contribution in [2.75, 3.05) is 19.6 Å². The molecule has 1 saturated heterocycles. The van der Waals surface area contributed by atoms with Crippen molar-refractivity contribution in [2.45, 2.75) is 57.0 Å². The zero-order valence-electron chi connectivity index (χ0n) is 12.5. The number of hydrogen-bond acceptors (Lipinski definition) is 3. The lowest BCUT2D eigenvalue weighted by Crippen LogP contribution is -2.50. The van der Waals surface area contributed by atoms with Gasteiger partial charge < -0.3 is 21.3 Å². The molecule has 4 N–H and O–H groups in total. The molecule has 6 nitrogen and oxygen atoms in total. The van der Waals surface area contributed by atoms with Crippen LogP contribution in [0.5, 0.6) is 0 Å². The van der Waals surface area contributed by atoms with E-state index < -0.39 is 0 Å². The molecular weight excluding hydrogens is 292 g/mol. The van der Waals surface area contributed by atoms with Crippen LogP contribution in [0.3, 0.4) is 0 Å². The van der Waals surface area contributed by atoms with Crippen molar-refractivity contribution >= 4 is 24.3 Å². The summed E-state index contributed by atoms with van der Waals surface area (Å²) in [7, 11) is 0.